The second kappa shape index (κ2) is 56.2. The molecule has 0 unspecified atom stereocenters. The van der Waals surface area contributed by atoms with E-state index in [2.05, 4.69) is 65.9 Å². The molecule has 3 aromatic rings. The van der Waals surface area contributed by atoms with Crippen LogP contribution >= 0.6 is 11.6 Å². The van der Waals surface area contributed by atoms with Crippen LogP contribution in [0.3, 0.4) is 0 Å². The van der Waals surface area contributed by atoms with E-state index in [4.69, 9.17) is 25.7 Å². The Hall–Kier alpha value is -5.77. The second-order valence-corrected chi connectivity index (χ2v) is 49.8. The molecule has 13 fully saturated rings. The second-order valence-electron chi connectivity index (χ2n) is 39.9. The van der Waals surface area contributed by atoms with Gasteiger partial charge in [-0.1, -0.05) is 289 Å². The molecular weight excluding hydrogens is 1630 g/mol. The van der Waals surface area contributed by atoms with Gasteiger partial charge in [0.05, 0.1) is 53.5 Å². The molecular formula is C101H158BClLiN8O12Si2. The standard InChI is InChI=1S/C35H51N3O4.C26H36N2O3.2C9H15NO.C8H7ClO.C6H18NSi2.2C4H8O.B.Li/c1-24-20-22-25(23-21-24)32(39)36-29-17-11-5-2-8-14-26(29)33(40)37-30-18-12-6-3-9-15-27(30)34(41)38-31-19-13-7-4-10-16-28(31)35(38)42;1-18-14-16-19(17-15-18)24(29)27-22-12-8-4-2-6-10-20(22)25(30)28-23-13-9-5-3-7-11-21(23)26(28)31;2*11-9-7-5-3-1-2-4-6-8(7)10-9;1-6-2-4-7(5-3-6)8(9)10;1-8(2,3)7-9(4,5)6;2*1-2-4-5-3-1;;/h20-23,26-31H,2-19H2,1H3,(H,36,39)(H,37,40);14-17,20-23H,2-13H2,1H3,(H,27,29);2*7-8H,1-6H2,(H,10,11);2-5H,1H3;1-6H3;2*1-4H2;;/q;;;;;-1;;;;+1/t26-,27-,28-,29+,30+,31+;20-,21-,22+,23+;2*7-,8+;;;;;;/m1111....../s1. The number of hydrogen-bond acceptors (Lipinski definition) is 12. The number of benzene rings is 3. The van der Waals surface area contributed by atoms with Crippen LogP contribution in [0.15, 0.2) is 72.8 Å². The molecule has 0 spiro atoms. The number of fused-ring (bicyclic) bond motifs is 4. The summed E-state index contributed by atoms with van der Waals surface area (Å²) in [5.41, 5.74) is 5.12. The molecule has 5 N–H and O–H groups in total. The normalized spacial score (nSPS) is 27.8. The van der Waals surface area contributed by atoms with Crippen LogP contribution in [-0.4, -0.2) is 162 Å². The molecule has 0 aromatic heterocycles. The van der Waals surface area contributed by atoms with Gasteiger partial charge < -0.3 is 40.7 Å². The first kappa shape index (κ1) is 107. The molecule has 6 heterocycles. The average Bonchev–Trinajstić information content (AvgIpc) is 0.815. The van der Waals surface area contributed by atoms with Crippen molar-refractivity contribution in [2.24, 2.45) is 41.4 Å². The van der Waals surface area contributed by atoms with Gasteiger partial charge in [0.25, 0.3) is 17.1 Å². The molecule has 0 bridgehead atoms. The Kier molecular flexibility index (Phi) is 47.8. The van der Waals surface area contributed by atoms with Crippen LogP contribution in [0.2, 0.25) is 39.3 Å². The summed E-state index contributed by atoms with van der Waals surface area (Å²) in [6.45, 7) is 23.7. The number of nitrogens with one attached hydrogen (secondary N) is 5. The number of likely N-dealkylation sites (tertiary alicyclic amines) is 2. The average molecular weight is 1790 g/mol. The maximum absolute atomic E-state index is 14.1. The van der Waals surface area contributed by atoms with E-state index >= 15 is 0 Å². The van der Waals surface area contributed by atoms with E-state index in [-0.39, 0.29) is 128 Å². The van der Waals surface area contributed by atoms with Crippen LogP contribution in [0.25, 0.3) is 4.65 Å². The third-order valence-corrected chi connectivity index (χ3v) is 33.1. The van der Waals surface area contributed by atoms with Gasteiger partial charge in [-0.05, 0) is 184 Å². The molecule has 3 radical (unpaired) electrons. The van der Waals surface area contributed by atoms with Gasteiger partial charge in [0.2, 0.25) is 41.4 Å². The summed E-state index contributed by atoms with van der Waals surface area (Å²) in [5, 5.41) is 15.3. The summed E-state index contributed by atoms with van der Waals surface area (Å²) in [7, 11) is -2.21. The van der Waals surface area contributed by atoms with Crippen molar-refractivity contribution in [1.82, 2.24) is 36.4 Å². The van der Waals surface area contributed by atoms with Gasteiger partial charge in [0.15, 0.2) is 0 Å². The van der Waals surface area contributed by atoms with Crippen molar-refractivity contribution in [3.63, 3.8) is 0 Å². The number of amides is 9. The quantitative estimate of drug-likeness (QED) is 0.0519. The van der Waals surface area contributed by atoms with E-state index in [0.717, 1.165) is 216 Å². The SMILES string of the molecule is C1CCOC1.C1CCOC1.C[Si](C)(C)[N-][Si](C)(C)C.Cc1ccc(C(=O)Cl)cc1.Cc1ccc(C(=O)N[C@H]2CCCCCC[C@H]2C(=O)N2C(=O)[C@@H]3CCCCCC[C@@H]32)cc1.Cc1ccc(C(=O)N[C@H]2CCCCCC[C@H]2C(=O)N[C@H]2CCCCCC[C@H]2C(=O)N2C(=O)[C@@H]3CCCCCC[C@@H]32)cc1.O=C1N[C@H]2CCCCCC[C@@H]12.O=C1N[C@H]2CCCCCC[C@@H]12.[B].[Li+]. The minimum atomic E-state index is -1.11. The number of nitrogens with zero attached hydrogens (tertiary/aromatic N) is 3. The molecule has 25 heteroatoms. The molecule has 20 nitrogen and oxygen atoms in total. The van der Waals surface area contributed by atoms with Crippen molar-refractivity contribution in [1.29, 1.82) is 0 Å². The molecule has 13 aliphatic rings. The fraction of sp³-hybridized carbons (Fsp3) is 0.723. The summed E-state index contributed by atoms with van der Waals surface area (Å²) < 4.78 is 14.7. The van der Waals surface area contributed by atoms with Crippen LogP contribution < -0.4 is 45.4 Å². The summed E-state index contributed by atoms with van der Waals surface area (Å²) in [4.78, 5) is 130. The van der Waals surface area contributed by atoms with Gasteiger partial charge in [-0.3, -0.25) is 57.7 Å². The van der Waals surface area contributed by atoms with Gasteiger partial charge in [0.1, 0.15) is 0 Å². The molecule has 6 aliphatic heterocycles. The van der Waals surface area contributed by atoms with Crippen LogP contribution in [0.5, 0.6) is 0 Å². The summed E-state index contributed by atoms with van der Waals surface area (Å²) in [6, 6.07) is 22.7. The van der Waals surface area contributed by atoms with Crippen molar-refractivity contribution in [2.75, 3.05) is 26.4 Å². The Balaban J connectivity index is 0.000000223. The van der Waals surface area contributed by atoms with E-state index in [0.29, 0.717) is 58.8 Å². The predicted octanol–water partition coefficient (Wildman–Crippen LogP) is 17.5. The topological polar surface area (TPSA) is 270 Å². The van der Waals surface area contributed by atoms with Crippen LogP contribution in [-0.2, 0) is 43.0 Å². The number of halogens is 1. The Morgan fingerprint density at radius 2 is 0.619 bits per heavy atom. The van der Waals surface area contributed by atoms with Gasteiger partial charge in [-0.2, -0.15) is 0 Å². The Morgan fingerprint density at radius 1 is 0.349 bits per heavy atom. The smallest absolute Gasteiger partial charge is 0.668 e. The number of imide groups is 2. The van der Waals surface area contributed by atoms with Crippen molar-refractivity contribution in [2.45, 2.75) is 398 Å². The maximum atomic E-state index is 14.1. The minimum Gasteiger partial charge on any atom is -0.668 e. The molecule has 16 rings (SSSR count). The van der Waals surface area contributed by atoms with Crippen LogP contribution in [0.1, 0.15) is 343 Å². The Labute approximate surface area is 778 Å². The number of carbonyl (C=O) groups is 10. The van der Waals surface area contributed by atoms with Crippen molar-refractivity contribution >= 4 is 94.9 Å². The van der Waals surface area contributed by atoms with E-state index in [1.54, 1.807) is 21.9 Å². The summed E-state index contributed by atoms with van der Waals surface area (Å²) in [5.74, 6) is 0.0592. The van der Waals surface area contributed by atoms with E-state index in [9.17, 15) is 47.9 Å². The van der Waals surface area contributed by atoms with Crippen LogP contribution in [0.4, 0.5) is 0 Å². The molecule has 7 aliphatic carbocycles. The number of rotatable bonds is 11. The van der Waals surface area contributed by atoms with Gasteiger partial charge >= 0.3 is 18.9 Å². The molecule has 9 amide bonds. The molecule has 6 saturated heterocycles. The first-order chi connectivity index (χ1) is 59.7. The number of aryl methyl sites for hydroxylation is 3. The minimum absolute atomic E-state index is 0. The first-order valence-corrected chi connectivity index (χ1v) is 56.5. The number of hydrogen-bond donors (Lipinski definition) is 5. The Morgan fingerprint density at radius 3 is 0.913 bits per heavy atom. The zero-order chi connectivity index (χ0) is 89.0. The maximum Gasteiger partial charge on any atom is 1.00 e. The molecule has 7 saturated carbocycles. The van der Waals surface area contributed by atoms with Crippen LogP contribution in [0, 0.1) is 62.2 Å². The molecule has 126 heavy (non-hydrogen) atoms. The van der Waals surface area contributed by atoms with E-state index in [1.165, 1.54) is 116 Å². The Bertz CT molecular complexity index is 3750. The summed E-state index contributed by atoms with van der Waals surface area (Å²) in [6.07, 6.45) is 50.0. The van der Waals surface area contributed by atoms with E-state index in [1.807, 2.05) is 81.4 Å². The van der Waals surface area contributed by atoms with Crippen molar-refractivity contribution in [3.8, 4) is 0 Å². The third-order valence-electron chi connectivity index (χ3n) is 27.5. The van der Waals surface area contributed by atoms with Gasteiger partial charge in [-0.25, -0.2) is 0 Å². The first-order valence-electron chi connectivity index (χ1n) is 49.2. The van der Waals surface area contributed by atoms with E-state index < -0.39 is 21.7 Å². The van der Waals surface area contributed by atoms with Gasteiger partial charge in [-0.15, -0.1) is 0 Å². The molecule has 3 aromatic carbocycles. The van der Waals surface area contributed by atoms with Gasteiger partial charge in [0, 0.05) is 81.7 Å². The number of carbonyl (C=O) groups excluding carboxylic acids is 10. The zero-order valence-corrected chi connectivity index (χ0v) is 81.8. The molecule has 693 valence electrons. The largest absolute Gasteiger partial charge is 1.00 e. The van der Waals surface area contributed by atoms with Crippen molar-refractivity contribution in [3.05, 3.63) is 111 Å². The third kappa shape index (κ3) is 35.1. The number of ether oxygens (including phenoxy) is 2. The predicted molar refractivity (Wildman–Crippen MR) is 508 cm³/mol. The number of β-lactam (4-membered cyclic amide) rings is 4. The fourth-order valence-electron chi connectivity index (χ4n) is 20.7. The summed E-state index contributed by atoms with van der Waals surface area (Å²) >= 11 is 5.22. The molecule has 14 atom stereocenters. The van der Waals surface area contributed by atoms with Crippen molar-refractivity contribution < 1.29 is 76.3 Å². The fourth-order valence-corrected chi connectivity index (χ4v) is 28.8. The zero-order valence-electron chi connectivity index (χ0n) is 79.1. The monoisotopic (exact) mass is 1780 g/mol.